The summed E-state index contributed by atoms with van der Waals surface area (Å²) in [5.41, 5.74) is 3.56. The first-order valence-electron chi connectivity index (χ1n) is 13.0. The Morgan fingerprint density at radius 2 is 2.06 bits per heavy atom. The molecule has 0 N–H and O–H groups in total. The first kappa shape index (κ1) is 22.9. The molecular formula is C30H36N2O3. The predicted molar refractivity (Wildman–Crippen MR) is 137 cm³/mol. The van der Waals surface area contributed by atoms with Gasteiger partial charge in [-0.2, -0.15) is 0 Å². The van der Waals surface area contributed by atoms with Crippen molar-refractivity contribution in [1.82, 2.24) is 9.88 Å². The number of hydrogen-bond donors (Lipinski definition) is 0. The third-order valence-corrected chi connectivity index (χ3v) is 9.20. The number of Topliss-reactive ketones (excluding diaryl/α,β-unsaturated/α-hetero) is 1. The summed E-state index contributed by atoms with van der Waals surface area (Å²) in [6.45, 7) is 3.36. The lowest BCUT2D eigenvalue weighted by Crippen LogP contribution is -2.44. The highest BCUT2D eigenvalue weighted by Crippen LogP contribution is 2.62. The van der Waals surface area contributed by atoms with E-state index in [1.54, 1.807) is 0 Å². The zero-order chi connectivity index (χ0) is 24.3. The standard InChI is InChI=1S/C30H36N2O3/c1-30-9-7-21-14-23-25(33)11-18(17-32(2)3)12-26(23)35-29(21)24(30)15-27(34-4)28(30)20-6-5-19-8-10-31-16-22(19)13-20/h5-6,8,10,13-14,16,18,24,27-29H,7,9,11-12,15,17H2,1-4H3/t18?,24-,27+,28-,29+,30-/m0/s1. The molecule has 35 heavy (non-hydrogen) atoms. The van der Waals surface area contributed by atoms with Crippen molar-refractivity contribution in [3.05, 3.63) is 65.2 Å². The van der Waals surface area contributed by atoms with Crippen molar-refractivity contribution >= 4 is 16.6 Å². The molecule has 0 spiro atoms. The van der Waals surface area contributed by atoms with Crippen LogP contribution in [0, 0.1) is 17.3 Å². The maximum absolute atomic E-state index is 13.0. The number of carbonyl (C=O) groups excluding carboxylic acids is 1. The van der Waals surface area contributed by atoms with E-state index in [2.05, 4.69) is 61.2 Å². The number of ether oxygens (including phenoxy) is 2. The van der Waals surface area contributed by atoms with Crippen molar-refractivity contribution in [2.45, 2.75) is 57.2 Å². The molecule has 184 valence electrons. The van der Waals surface area contributed by atoms with Gasteiger partial charge in [-0.25, -0.2) is 0 Å². The summed E-state index contributed by atoms with van der Waals surface area (Å²) >= 11 is 0. The predicted octanol–water partition coefficient (Wildman–Crippen LogP) is 5.27. The maximum Gasteiger partial charge on any atom is 0.166 e. The molecule has 1 unspecified atom stereocenters. The van der Waals surface area contributed by atoms with Gasteiger partial charge in [-0.1, -0.05) is 19.1 Å². The van der Waals surface area contributed by atoms with Crippen LogP contribution in [0.4, 0.5) is 0 Å². The lowest BCUT2D eigenvalue weighted by atomic mass is 9.61. The zero-order valence-electron chi connectivity index (χ0n) is 21.3. The lowest BCUT2D eigenvalue weighted by molar-refractivity contribution is -0.117. The van der Waals surface area contributed by atoms with Gasteiger partial charge in [-0.05, 0) is 79.4 Å². The Hall–Kier alpha value is -2.50. The van der Waals surface area contributed by atoms with E-state index < -0.39 is 0 Å². The van der Waals surface area contributed by atoms with Gasteiger partial charge < -0.3 is 14.4 Å². The highest BCUT2D eigenvalue weighted by Gasteiger charge is 2.59. The molecule has 2 saturated carbocycles. The summed E-state index contributed by atoms with van der Waals surface area (Å²) in [5.74, 6) is 2.18. The van der Waals surface area contributed by atoms with E-state index in [0.29, 0.717) is 24.2 Å². The molecule has 0 bridgehead atoms. The molecular weight excluding hydrogens is 436 g/mol. The van der Waals surface area contributed by atoms with Crippen molar-refractivity contribution in [3.63, 3.8) is 0 Å². The number of methoxy groups -OCH3 is 1. The van der Waals surface area contributed by atoms with Gasteiger partial charge in [0.25, 0.3) is 0 Å². The van der Waals surface area contributed by atoms with E-state index in [4.69, 9.17) is 9.47 Å². The van der Waals surface area contributed by atoms with Crippen molar-refractivity contribution in [2.75, 3.05) is 27.7 Å². The Labute approximate surface area is 208 Å². The van der Waals surface area contributed by atoms with E-state index in [-0.39, 0.29) is 23.4 Å². The van der Waals surface area contributed by atoms with E-state index >= 15 is 0 Å². The van der Waals surface area contributed by atoms with Gasteiger partial charge in [0.2, 0.25) is 0 Å². The molecule has 5 heteroatoms. The molecule has 0 radical (unpaired) electrons. The minimum atomic E-state index is 0.0446. The number of hydrogen-bond acceptors (Lipinski definition) is 5. The van der Waals surface area contributed by atoms with E-state index in [1.165, 1.54) is 21.9 Å². The van der Waals surface area contributed by atoms with Crippen LogP contribution in [0.1, 0.15) is 50.5 Å². The van der Waals surface area contributed by atoms with Gasteiger partial charge in [-0.3, -0.25) is 9.78 Å². The first-order chi connectivity index (χ1) is 16.9. The number of aromatic nitrogens is 1. The summed E-state index contributed by atoms with van der Waals surface area (Å²) in [6.07, 6.45) is 10.7. The second-order valence-corrected chi connectivity index (χ2v) is 11.6. The van der Waals surface area contributed by atoms with Crippen LogP contribution in [0.5, 0.6) is 0 Å². The van der Waals surface area contributed by atoms with Gasteiger partial charge >= 0.3 is 0 Å². The number of allylic oxidation sites excluding steroid dienone is 3. The van der Waals surface area contributed by atoms with Crippen LogP contribution >= 0.6 is 0 Å². The minimum absolute atomic E-state index is 0.0446. The molecule has 2 aromatic rings. The van der Waals surface area contributed by atoms with Crippen molar-refractivity contribution in [2.24, 2.45) is 17.3 Å². The zero-order valence-corrected chi connectivity index (χ0v) is 21.3. The van der Waals surface area contributed by atoms with Gasteiger partial charge in [0, 0.05) is 56.1 Å². The van der Waals surface area contributed by atoms with Gasteiger partial charge in [0.15, 0.2) is 5.78 Å². The first-order valence-corrected chi connectivity index (χ1v) is 13.0. The second kappa shape index (κ2) is 8.56. The smallest absolute Gasteiger partial charge is 0.166 e. The number of pyridine rings is 1. The van der Waals surface area contributed by atoms with Crippen molar-refractivity contribution in [1.29, 1.82) is 0 Å². The van der Waals surface area contributed by atoms with E-state index in [9.17, 15) is 4.79 Å². The fourth-order valence-corrected chi connectivity index (χ4v) is 7.60. The average molecular weight is 473 g/mol. The van der Waals surface area contributed by atoms with Crippen LogP contribution in [0.25, 0.3) is 10.8 Å². The average Bonchev–Trinajstić information content (AvgIpc) is 3.15. The Morgan fingerprint density at radius 1 is 1.20 bits per heavy atom. The maximum atomic E-state index is 13.0. The third kappa shape index (κ3) is 3.75. The normalized spacial score (nSPS) is 34.4. The molecule has 4 aliphatic rings. The van der Waals surface area contributed by atoms with Crippen LogP contribution in [-0.2, 0) is 14.3 Å². The molecule has 6 atom stereocenters. The number of carbonyl (C=O) groups is 1. The molecule has 5 nitrogen and oxygen atoms in total. The summed E-state index contributed by atoms with van der Waals surface area (Å²) < 4.78 is 13.0. The van der Waals surface area contributed by atoms with Crippen molar-refractivity contribution in [3.8, 4) is 0 Å². The summed E-state index contributed by atoms with van der Waals surface area (Å²) in [4.78, 5) is 19.5. The monoisotopic (exact) mass is 472 g/mol. The number of nitrogens with zero attached hydrogens (tertiary/aromatic N) is 2. The molecule has 1 aliphatic heterocycles. The molecule has 2 heterocycles. The highest BCUT2D eigenvalue weighted by atomic mass is 16.5. The van der Waals surface area contributed by atoms with Gasteiger partial charge in [-0.15, -0.1) is 0 Å². The Bertz CT molecular complexity index is 1230. The number of ketones is 1. The molecule has 2 fully saturated rings. The van der Waals surface area contributed by atoms with Gasteiger partial charge in [0.05, 0.1) is 11.7 Å². The molecule has 3 aliphatic carbocycles. The van der Waals surface area contributed by atoms with Crippen molar-refractivity contribution < 1.29 is 14.3 Å². The number of rotatable bonds is 4. The molecule has 0 amide bonds. The molecule has 1 aromatic heterocycles. The fourth-order valence-electron chi connectivity index (χ4n) is 7.60. The molecule has 0 saturated heterocycles. The quantitative estimate of drug-likeness (QED) is 0.607. The lowest BCUT2D eigenvalue weighted by Gasteiger charge is -2.48. The fraction of sp³-hybridized carbons (Fsp3) is 0.533. The number of benzene rings is 1. The number of fused-ring (bicyclic) bond motifs is 4. The van der Waals surface area contributed by atoms with Crippen LogP contribution in [-0.4, -0.2) is 55.6 Å². The van der Waals surface area contributed by atoms with Crippen LogP contribution in [0.2, 0.25) is 0 Å². The summed E-state index contributed by atoms with van der Waals surface area (Å²) in [7, 11) is 6.01. The molecule has 1 aromatic carbocycles. The second-order valence-electron chi connectivity index (χ2n) is 11.6. The summed E-state index contributed by atoms with van der Waals surface area (Å²) in [5, 5.41) is 2.40. The third-order valence-electron chi connectivity index (χ3n) is 9.20. The van der Waals surface area contributed by atoms with Crippen LogP contribution in [0.15, 0.2) is 59.6 Å². The largest absolute Gasteiger partial charge is 0.489 e. The van der Waals surface area contributed by atoms with E-state index in [1.807, 2.05) is 19.5 Å². The topological polar surface area (TPSA) is 51.7 Å². The molecule has 6 rings (SSSR count). The SMILES string of the molecule is CO[C@@H]1C[C@H]2[C@@H]3OC4=C(C=C3CC[C@]2(C)[C@H]1c1ccc2ccncc2c1)C(=O)CC(CN(C)C)C4. The summed E-state index contributed by atoms with van der Waals surface area (Å²) in [6, 6.07) is 8.88. The Balaban J connectivity index is 1.33. The Morgan fingerprint density at radius 3 is 2.86 bits per heavy atom. The van der Waals surface area contributed by atoms with Crippen LogP contribution in [0.3, 0.4) is 0 Å². The van der Waals surface area contributed by atoms with Crippen LogP contribution < -0.4 is 0 Å². The van der Waals surface area contributed by atoms with Gasteiger partial charge in [0.1, 0.15) is 11.9 Å². The minimum Gasteiger partial charge on any atom is -0.489 e. The Kier molecular flexibility index (Phi) is 5.61. The highest BCUT2D eigenvalue weighted by molar-refractivity contribution is 6.00. The van der Waals surface area contributed by atoms with E-state index in [0.717, 1.165) is 43.6 Å².